The standard InChI is InChI=1S/C29H22N4O2/c1-18-11-13-19(14-12-18)27-21-7-3-4-8-22(21)28-31-24-16-15-20(17-25(24)33(28)32-27)30-29(34)23-9-5-6-10-26(23)35-2/h3-17H,1-2H3,(H,30,34). The number of benzene rings is 4. The van der Waals surface area contributed by atoms with Crippen molar-refractivity contribution in [2.75, 3.05) is 12.4 Å². The normalized spacial score (nSPS) is 11.3. The van der Waals surface area contributed by atoms with E-state index in [4.69, 9.17) is 14.8 Å². The van der Waals surface area contributed by atoms with Crippen LogP contribution < -0.4 is 10.1 Å². The minimum absolute atomic E-state index is 0.241. The van der Waals surface area contributed by atoms with Gasteiger partial charge in [-0.3, -0.25) is 4.79 Å². The number of hydrogen-bond acceptors (Lipinski definition) is 4. The summed E-state index contributed by atoms with van der Waals surface area (Å²) in [6, 6.07) is 29.4. The topological polar surface area (TPSA) is 68.5 Å². The number of fused-ring (bicyclic) bond motifs is 5. The van der Waals surface area contributed by atoms with Gasteiger partial charge in [-0.1, -0.05) is 66.2 Å². The maximum absolute atomic E-state index is 12.9. The molecule has 1 amide bonds. The van der Waals surface area contributed by atoms with Gasteiger partial charge in [0.2, 0.25) is 0 Å². The van der Waals surface area contributed by atoms with E-state index in [1.54, 1.807) is 19.2 Å². The zero-order chi connectivity index (χ0) is 23.9. The van der Waals surface area contributed by atoms with Crippen molar-refractivity contribution in [3.63, 3.8) is 0 Å². The summed E-state index contributed by atoms with van der Waals surface area (Å²) in [5.41, 5.74) is 6.64. The molecule has 0 atom stereocenters. The fraction of sp³-hybridized carbons (Fsp3) is 0.0690. The molecule has 2 heterocycles. The summed E-state index contributed by atoms with van der Waals surface area (Å²) in [5, 5.41) is 10.1. The lowest BCUT2D eigenvalue weighted by Crippen LogP contribution is -2.13. The van der Waals surface area contributed by atoms with E-state index < -0.39 is 0 Å². The lowest BCUT2D eigenvalue weighted by Gasteiger charge is -2.10. The first-order chi connectivity index (χ1) is 17.1. The quantitative estimate of drug-likeness (QED) is 0.338. The first-order valence-corrected chi connectivity index (χ1v) is 11.3. The molecule has 6 nitrogen and oxygen atoms in total. The van der Waals surface area contributed by atoms with E-state index in [1.165, 1.54) is 5.56 Å². The number of nitrogens with one attached hydrogen (secondary N) is 1. The van der Waals surface area contributed by atoms with Gasteiger partial charge in [0.25, 0.3) is 5.91 Å². The first kappa shape index (κ1) is 20.9. The molecular weight excluding hydrogens is 436 g/mol. The number of anilines is 1. The Hall–Kier alpha value is -4.71. The number of amides is 1. The van der Waals surface area contributed by atoms with Gasteiger partial charge in [-0.25, -0.2) is 9.50 Å². The number of methoxy groups -OCH3 is 1. The molecule has 4 aromatic carbocycles. The molecule has 0 unspecified atom stereocenters. The molecule has 0 saturated heterocycles. The van der Waals surface area contributed by atoms with Gasteiger partial charge in [-0.2, -0.15) is 5.10 Å². The second-order valence-electron chi connectivity index (χ2n) is 8.47. The summed E-state index contributed by atoms with van der Waals surface area (Å²) < 4.78 is 7.20. The third-order valence-electron chi connectivity index (χ3n) is 6.19. The lowest BCUT2D eigenvalue weighted by molar-refractivity contribution is 0.102. The monoisotopic (exact) mass is 458 g/mol. The Labute approximate surface area is 201 Å². The highest BCUT2D eigenvalue weighted by Crippen LogP contribution is 2.32. The highest BCUT2D eigenvalue weighted by molar-refractivity contribution is 6.07. The van der Waals surface area contributed by atoms with E-state index in [0.717, 1.165) is 38.7 Å². The van der Waals surface area contributed by atoms with Gasteiger partial charge in [0, 0.05) is 22.0 Å². The van der Waals surface area contributed by atoms with Gasteiger partial charge >= 0.3 is 0 Å². The molecule has 35 heavy (non-hydrogen) atoms. The van der Waals surface area contributed by atoms with Crippen LogP contribution in [0.2, 0.25) is 0 Å². The number of para-hydroxylation sites is 1. The molecule has 0 aliphatic heterocycles. The molecule has 0 saturated carbocycles. The van der Waals surface area contributed by atoms with Gasteiger partial charge in [0.15, 0.2) is 5.65 Å². The highest BCUT2D eigenvalue weighted by Gasteiger charge is 2.16. The largest absolute Gasteiger partial charge is 0.496 e. The predicted octanol–water partition coefficient (Wildman–Crippen LogP) is 6.27. The van der Waals surface area contributed by atoms with E-state index >= 15 is 0 Å². The van der Waals surface area contributed by atoms with Crippen LogP contribution in [-0.4, -0.2) is 27.6 Å². The van der Waals surface area contributed by atoms with Crippen LogP contribution >= 0.6 is 0 Å². The van der Waals surface area contributed by atoms with Gasteiger partial charge < -0.3 is 10.1 Å². The zero-order valence-corrected chi connectivity index (χ0v) is 19.3. The third-order valence-corrected chi connectivity index (χ3v) is 6.19. The molecule has 1 N–H and O–H groups in total. The van der Waals surface area contributed by atoms with Gasteiger partial charge in [0.05, 0.1) is 29.4 Å². The maximum atomic E-state index is 12.9. The molecule has 0 radical (unpaired) electrons. The Morgan fingerprint density at radius 1 is 0.886 bits per heavy atom. The Morgan fingerprint density at radius 2 is 1.63 bits per heavy atom. The Morgan fingerprint density at radius 3 is 2.43 bits per heavy atom. The van der Waals surface area contributed by atoms with E-state index in [9.17, 15) is 4.79 Å². The van der Waals surface area contributed by atoms with Crippen molar-refractivity contribution >= 4 is 39.0 Å². The van der Waals surface area contributed by atoms with Crippen molar-refractivity contribution in [1.29, 1.82) is 0 Å². The smallest absolute Gasteiger partial charge is 0.259 e. The number of imidazole rings is 1. The van der Waals surface area contributed by atoms with Gasteiger partial charge in [-0.05, 0) is 37.3 Å². The van der Waals surface area contributed by atoms with Crippen LogP contribution in [0, 0.1) is 6.92 Å². The van der Waals surface area contributed by atoms with E-state index in [1.807, 2.05) is 47.0 Å². The third kappa shape index (κ3) is 3.56. The molecular formula is C29H22N4O2. The number of carbonyl (C=O) groups excluding carboxylic acids is 1. The Bertz CT molecular complexity index is 1740. The SMILES string of the molecule is COc1ccccc1C(=O)Nc1ccc2nc3c4ccccc4c(-c4ccc(C)cc4)nn3c2c1. The molecule has 170 valence electrons. The summed E-state index contributed by atoms with van der Waals surface area (Å²) in [5.74, 6) is 0.283. The fourth-order valence-corrected chi connectivity index (χ4v) is 4.41. The van der Waals surface area contributed by atoms with Crippen LogP contribution in [0.4, 0.5) is 5.69 Å². The van der Waals surface area contributed by atoms with Crippen molar-refractivity contribution in [1.82, 2.24) is 14.6 Å². The van der Waals surface area contributed by atoms with Crippen LogP contribution in [0.5, 0.6) is 5.75 Å². The minimum Gasteiger partial charge on any atom is -0.496 e. The number of hydrogen-bond donors (Lipinski definition) is 1. The fourth-order valence-electron chi connectivity index (χ4n) is 4.41. The molecule has 6 aromatic rings. The number of ether oxygens (including phenoxy) is 1. The number of aromatic nitrogens is 3. The number of aryl methyl sites for hydroxylation is 1. The van der Waals surface area contributed by atoms with Crippen LogP contribution in [0.15, 0.2) is 91.0 Å². The Kier molecular flexibility index (Phi) is 4.92. The summed E-state index contributed by atoms with van der Waals surface area (Å²) in [4.78, 5) is 17.8. The summed E-state index contributed by atoms with van der Waals surface area (Å²) in [7, 11) is 1.55. The number of nitrogens with zero attached hydrogens (tertiary/aromatic N) is 3. The van der Waals surface area contributed by atoms with Gasteiger partial charge in [0.1, 0.15) is 5.75 Å². The van der Waals surface area contributed by atoms with E-state index in [0.29, 0.717) is 17.0 Å². The molecule has 0 aliphatic rings. The highest BCUT2D eigenvalue weighted by atomic mass is 16.5. The molecule has 0 spiro atoms. The van der Waals surface area contributed by atoms with Crippen LogP contribution in [0.25, 0.3) is 38.7 Å². The maximum Gasteiger partial charge on any atom is 0.259 e. The number of rotatable bonds is 4. The van der Waals surface area contributed by atoms with Crippen LogP contribution in [0.3, 0.4) is 0 Å². The van der Waals surface area contributed by atoms with Crippen molar-refractivity contribution in [2.24, 2.45) is 0 Å². The summed E-state index contributed by atoms with van der Waals surface area (Å²) in [6.45, 7) is 2.07. The average molecular weight is 459 g/mol. The molecule has 6 heteroatoms. The second kappa shape index (κ2) is 8.25. The van der Waals surface area contributed by atoms with Crippen LogP contribution in [0.1, 0.15) is 15.9 Å². The van der Waals surface area contributed by atoms with E-state index in [2.05, 4.69) is 48.6 Å². The van der Waals surface area contributed by atoms with Crippen LogP contribution in [-0.2, 0) is 0 Å². The molecule has 6 rings (SSSR count). The summed E-state index contributed by atoms with van der Waals surface area (Å²) >= 11 is 0. The first-order valence-electron chi connectivity index (χ1n) is 11.3. The predicted molar refractivity (Wildman–Crippen MR) is 139 cm³/mol. The summed E-state index contributed by atoms with van der Waals surface area (Å²) in [6.07, 6.45) is 0. The minimum atomic E-state index is -0.241. The molecule has 2 aromatic heterocycles. The van der Waals surface area contributed by atoms with Crippen molar-refractivity contribution in [3.8, 4) is 17.0 Å². The molecule has 0 fully saturated rings. The average Bonchev–Trinajstić information content (AvgIpc) is 3.27. The van der Waals surface area contributed by atoms with Crippen molar-refractivity contribution in [3.05, 3.63) is 102 Å². The zero-order valence-electron chi connectivity index (χ0n) is 19.3. The molecule has 0 bridgehead atoms. The van der Waals surface area contributed by atoms with Gasteiger partial charge in [-0.15, -0.1) is 0 Å². The molecule has 0 aliphatic carbocycles. The lowest BCUT2D eigenvalue weighted by atomic mass is 10.0. The second-order valence-corrected chi connectivity index (χ2v) is 8.47. The van der Waals surface area contributed by atoms with E-state index in [-0.39, 0.29) is 5.91 Å². The number of carbonyl (C=O) groups is 1. The Balaban J connectivity index is 1.51. The van der Waals surface area contributed by atoms with Crippen molar-refractivity contribution < 1.29 is 9.53 Å². The van der Waals surface area contributed by atoms with Crippen molar-refractivity contribution in [2.45, 2.75) is 6.92 Å².